The fourth-order valence-electron chi connectivity index (χ4n) is 8.09. The molecular formula is C32H26N2. The number of fused-ring (bicyclic) bond motifs is 2. The first-order valence-corrected chi connectivity index (χ1v) is 12.5. The van der Waals surface area contributed by atoms with Gasteiger partial charge in [-0.1, -0.05) is 109 Å². The molecule has 4 aromatic carbocycles. The van der Waals surface area contributed by atoms with Crippen molar-refractivity contribution >= 4 is 0 Å². The van der Waals surface area contributed by atoms with Crippen molar-refractivity contribution in [1.29, 1.82) is 0 Å². The van der Waals surface area contributed by atoms with Crippen LogP contribution in [0.1, 0.15) is 57.1 Å². The van der Waals surface area contributed by atoms with Crippen molar-refractivity contribution in [1.82, 2.24) is 0 Å². The van der Waals surface area contributed by atoms with Crippen LogP contribution in [-0.4, -0.2) is 11.1 Å². The second-order valence-corrected chi connectivity index (χ2v) is 10.7. The Morgan fingerprint density at radius 2 is 0.706 bits per heavy atom. The highest BCUT2D eigenvalue weighted by Crippen LogP contribution is 2.78. The van der Waals surface area contributed by atoms with Crippen molar-refractivity contribution in [2.75, 3.05) is 0 Å². The number of azo groups is 1. The van der Waals surface area contributed by atoms with E-state index in [9.17, 15) is 0 Å². The predicted molar refractivity (Wildman–Crippen MR) is 134 cm³/mol. The van der Waals surface area contributed by atoms with Gasteiger partial charge in [-0.15, -0.1) is 0 Å². The number of rotatable bonds is 4. The normalized spacial score (nSPS) is 33.1. The molecule has 34 heavy (non-hydrogen) atoms. The number of hydrogen-bond donors (Lipinski definition) is 0. The van der Waals surface area contributed by atoms with Crippen molar-refractivity contribution in [2.45, 2.75) is 47.6 Å². The van der Waals surface area contributed by atoms with E-state index in [0.717, 1.165) is 12.8 Å². The Balaban J connectivity index is 1.38. The minimum absolute atomic E-state index is 0.210. The molecule has 4 unspecified atom stereocenters. The summed E-state index contributed by atoms with van der Waals surface area (Å²) in [4.78, 5) is 0. The summed E-state index contributed by atoms with van der Waals surface area (Å²) in [6.07, 6.45) is 1.90. The lowest BCUT2D eigenvalue weighted by molar-refractivity contribution is -0.00126. The topological polar surface area (TPSA) is 24.7 Å². The van der Waals surface area contributed by atoms with E-state index in [4.69, 9.17) is 10.2 Å². The van der Waals surface area contributed by atoms with Gasteiger partial charge in [-0.2, -0.15) is 10.2 Å². The fraction of sp³-hybridized carbons (Fsp3) is 0.250. The molecule has 2 nitrogen and oxygen atoms in total. The lowest BCUT2D eigenvalue weighted by atomic mass is 9.35. The van der Waals surface area contributed by atoms with E-state index in [1.165, 1.54) is 33.4 Å². The average Bonchev–Trinajstić information content (AvgIpc) is 2.85. The lowest BCUT2D eigenvalue weighted by Gasteiger charge is -2.71. The third-order valence-electron chi connectivity index (χ3n) is 9.24. The van der Waals surface area contributed by atoms with Crippen molar-refractivity contribution in [3.63, 3.8) is 0 Å². The third-order valence-corrected chi connectivity index (χ3v) is 9.24. The van der Waals surface area contributed by atoms with Crippen LogP contribution in [0.25, 0.3) is 0 Å². The zero-order valence-corrected chi connectivity index (χ0v) is 19.0. The molecule has 2 heteroatoms. The molecule has 0 aromatic heterocycles. The zero-order valence-electron chi connectivity index (χ0n) is 19.0. The van der Waals surface area contributed by atoms with E-state index < -0.39 is 0 Å². The molecule has 0 saturated heterocycles. The standard InChI is InChI=1S/C32H26N2/c1-3-11-21(12-4-1)19-31-27-23-15-7-9-17-25(23)29(27)32(34-33-31,20-22-13-5-2-6-14-22)30-26-18-10-8-16-24(26)28(30)31/h1-18,27-30H,19-20H2. The van der Waals surface area contributed by atoms with Crippen LogP contribution < -0.4 is 0 Å². The van der Waals surface area contributed by atoms with Gasteiger partial charge in [-0.25, -0.2) is 0 Å². The molecule has 0 spiro atoms. The van der Waals surface area contributed by atoms with Gasteiger partial charge in [0.05, 0.1) is 0 Å². The number of benzene rings is 4. The Kier molecular flexibility index (Phi) is 3.63. The van der Waals surface area contributed by atoms with Gasteiger partial charge in [0.25, 0.3) is 0 Å². The van der Waals surface area contributed by atoms with Gasteiger partial charge in [0, 0.05) is 36.5 Å². The van der Waals surface area contributed by atoms with E-state index in [2.05, 4.69) is 109 Å². The lowest BCUT2D eigenvalue weighted by Crippen LogP contribution is -2.70. The highest BCUT2D eigenvalue weighted by molar-refractivity contribution is 5.64. The minimum atomic E-state index is -0.210. The molecule has 1 saturated carbocycles. The van der Waals surface area contributed by atoms with Gasteiger partial charge >= 0.3 is 0 Å². The summed E-state index contributed by atoms with van der Waals surface area (Å²) in [6, 6.07) is 40.2. The number of hydrogen-bond acceptors (Lipinski definition) is 2. The van der Waals surface area contributed by atoms with Crippen LogP contribution in [0.2, 0.25) is 0 Å². The summed E-state index contributed by atoms with van der Waals surface area (Å²) in [5.74, 6) is 1.67. The van der Waals surface area contributed by atoms with Crippen molar-refractivity contribution in [3.05, 3.63) is 143 Å². The molecule has 4 aromatic rings. The summed E-state index contributed by atoms with van der Waals surface area (Å²) in [5.41, 5.74) is 8.32. The Hall–Kier alpha value is -3.52. The average molecular weight is 439 g/mol. The van der Waals surface area contributed by atoms with Crippen molar-refractivity contribution in [2.24, 2.45) is 10.2 Å². The largest absolute Gasteiger partial charge is 0.185 e. The molecule has 9 rings (SSSR count). The van der Waals surface area contributed by atoms with E-state index in [-0.39, 0.29) is 11.1 Å². The zero-order chi connectivity index (χ0) is 22.3. The highest BCUT2D eigenvalue weighted by atomic mass is 15.3. The van der Waals surface area contributed by atoms with Gasteiger partial charge in [0.2, 0.25) is 0 Å². The highest BCUT2D eigenvalue weighted by Gasteiger charge is 2.76. The first-order valence-electron chi connectivity index (χ1n) is 12.5. The molecule has 2 aliphatic heterocycles. The first kappa shape index (κ1) is 18.9. The van der Waals surface area contributed by atoms with Crippen LogP contribution in [0.5, 0.6) is 0 Å². The Labute approximate surface area is 200 Å². The fourth-order valence-corrected chi connectivity index (χ4v) is 8.09. The molecule has 0 amide bonds. The molecule has 1 fully saturated rings. The van der Waals surface area contributed by atoms with E-state index >= 15 is 0 Å². The van der Waals surface area contributed by atoms with Gasteiger partial charge in [0.15, 0.2) is 0 Å². The minimum Gasteiger partial charge on any atom is -0.185 e. The molecule has 2 bridgehead atoms. The quantitative estimate of drug-likeness (QED) is 0.322. The SMILES string of the molecule is c1ccc(CC23N=NC(Cc4ccccc4)(C4c5ccccc5C42)C2c4ccccc4C23)cc1. The van der Waals surface area contributed by atoms with Crippen LogP contribution in [0.4, 0.5) is 0 Å². The van der Waals surface area contributed by atoms with E-state index in [0.29, 0.717) is 23.7 Å². The maximum Gasteiger partial charge on any atom is 0.101 e. The maximum atomic E-state index is 5.38. The van der Waals surface area contributed by atoms with Gasteiger partial charge < -0.3 is 0 Å². The molecule has 3 aliphatic carbocycles. The Bertz CT molecular complexity index is 1270. The van der Waals surface area contributed by atoms with Crippen LogP contribution >= 0.6 is 0 Å². The second kappa shape index (κ2) is 6.54. The molecule has 4 atom stereocenters. The monoisotopic (exact) mass is 438 g/mol. The van der Waals surface area contributed by atoms with Crippen LogP contribution in [0.3, 0.4) is 0 Å². The van der Waals surface area contributed by atoms with Gasteiger partial charge in [-0.3, -0.25) is 0 Å². The number of nitrogens with zero attached hydrogens (tertiary/aromatic N) is 2. The van der Waals surface area contributed by atoms with E-state index in [1.54, 1.807) is 0 Å². The van der Waals surface area contributed by atoms with Crippen LogP contribution in [-0.2, 0) is 12.8 Å². The second-order valence-electron chi connectivity index (χ2n) is 10.7. The van der Waals surface area contributed by atoms with Crippen LogP contribution in [0, 0.1) is 0 Å². The molecule has 5 aliphatic rings. The summed E-state index contributed by atoms with van der Waals surface area (Å²) in [7, 11) is 0. The van der Waals surface area contributed by atoms with Gasteiger partial charge in [0.1, 0.15) is 11.1 Å². The molecule has 0 N–H and O–H groups in total. The summed E-state index contributed by atoms with van der Waals surface area (Å²) in [6.45, 7) is 0. The predicted octanol–water partition coefficient (Wildman–Crippen LogP) is 7.19. The molecule has 164 valence electrons. The summed E-state index contributed by atoms with van der Waals surface area (Å²) in [5, 5.41) is 10.8. The molecule has 2 heterocycles. The maximum absolute atomic E-state index is 5.38. The summed E-state index contributed by atoms with van der Waals surface area (Å²) < 4.78 is 0. The Morgan fingerprint density at radius 1 is 0.412 bits per heavy atom. The Morgan fingerprint density at radius 3 is 1.03 bits per heavy atom. The van der Waals surface area contributed by atoms with Crippen molar-refractivity contribution in [3.8, 4) is 0 Å². The smallest absolute Gasteiger partial charge is 0.101 e. The van der Waals surface area contributed by atoms with Gasteiger partial charge in [-0.05, 0) is 33.4 Å². The van der Waals surface area contributed by atoms with Crippen molar-refractivity contribution < 1.29 is 0 Å². The third kappa shape index (κ3) is 2.17. The molecular weight excluding hydrogens is 412 g/mol. The summed E-state index contributed by atoms with van der Waals surface area (Å²) >= 11 is 0. The molecule has 0 radical (unpaired) electrons. The van der Waals surface area contributed by atoms with E-state index in [1.807, 2.05) is 0 Å². The van der Waals surface area contributed by atoms with Crippen LogP contribution in [0.15, 0.2) is 119 Å². The first-order chi connectivity index (χ1) is 16.8.